The second kappa shape index (κ2) is 11.6. The van der Waals surface area contributed by atoms with Crippen LogP contribution in [0, 0.1) is 12.8 Å². The summed E-state index contributed by atoms with van der Waals surface area (Å²) in [7, 11) is 1.50. The van der Waals surface area contributed by atoms with Crippen LogP contribution < -0.4 is 20.1 Å². The van der Waals surface area contributed by atoms with E-state index < -0.39 is 24.4 Å². The molecule has 2 rings (SSSR count). The Bertz CT molecular complexity index is 909. The quantitative estimate of drug-likeness (QED) is 0.564. The summed E-state index contributed by atoms with van der Waals surface area (Å²) in [6, 6.07) is 11.8. The Morgan fingerprint density at radius 3 is 2.35 bits per heavy atom. The highest BCUT2D eigenvalue weighted by Crippen LogP contribution is 2.24. The number of hydrogen-bond acceptors (Lipinski definition) is 6. The molecule has 0 aromatic heterocycles. The highest BCUT2D eigenvalue weighted by Gasteiger charge is 2.13. The Balaban J connectivity index is 1.75. The van der Waals surface area contributed by atoms with Gasteiger partial charge in [0.25, 0.3) is 5.91 Å². The van der Waals surface area contributed by atoms with Crippen LogP contribution in [-0.2, 0) is 14.3 Å². The van der Waals surface area contributed by atoms with Crippen LogP contribution in [0.25, 0.3) is 0 Å². The lowest BCUT2D eigenvalue weighted by Gasteiger charge is -2.11. The summed E-state index contributed by atoms with van der Waals surface area (Å²) in [5.41, 5.74) is 1.76. The fourth-order valence-electron chi connectivity index (χ4n) is 2.51. The third-order valence-corrected chi connectivity index (χ3v) is 4.08. The van der Waals surface area contributed by atoms with Crippen molar-refractivity contribution in [1.82, 2.24) is 5.32 Å². The van der Waals surface area contributed by atoms with E-state index in [1.165, 1.54) is 7.11 Å². The zero-order valence-electron chi connectivity index (χ0n) is 18.2. The Labute approximate surface area is 181 Å². The molecule has 2 amide bonds. The van der Waals surface area contributed by atoms with Gasteiger partial charge in [0.1, 0.15) is 11.5 Å². The van der Waals surface area contributed by atoms with Crippen molar-refractivity contribution in [3.63, 3.8) is 0 Å². The molecule has 0 bridgehead atoms. The predicted molar refractivity (Wildman–Crippen MR) is 116 cm³/mol. The van der Waals surface area contributed by atoms with Crippen LogP contribution in [0.15, 0.2) is 42.5 Å². The lowest BCUT2D eigenvalue weighted by molar-refractivity contribution is -0.126. The second-order valence-electron chi connectivity index (χ2n) is 7.33. The number of methoxy groups -OCH3 is 1. The van der Waals surface area contributed by atoms with Crippen molar-refractivity contribution in [3.05, 3.63) is 53.6 Å². The van der Waals surface area contributed by atoms with Gasteiger partial charge in [0, 0.05) is 0 Å². The fraction of sp³-hybridized carbons (Fsp3) is 0.348. The molecule has 0 aliphatic heterocycles. The molecule has 2 N–H and O–H groups in total. The van der Waals surface area contributed by atoms with Crippen molar-refractivity contribution >= 4 is 23.5 Å². The van der Waals surface area contributed by atoms with Crippen LogP contribution >= 0.6 is 0 Å². The van der Waals surface area contributed by atoms with E-state index >= 15 is 0 Å². The van der Waals surface area contributed by atoms with Crippen LogP contribution in [-0.4, -0.2) is 44.7 Å². The van der Waals surface area contributed by atoms with Gasteiger partial charge in [0.15, 0.2) is 6.61 Å². The SMILES string of the molecule is COc1ccc(C)cc1NC(=O)CNC(=O)COC(=O)c1ccc(OCC(C)C)cc1. The molecule has 166 valence electrons. The monoisotopic (exact) mass is 428 g/mol. The normalized spacial score (nSPS) is 10.4. The number of carbonyl (C=O) groups is 3. The first-order valence-electron chi connectivity index (χ1n) is 9.89. The highest BCUT2D eigenvalue weighted by atomic mass is 16.5. The van der Waals surface area contributed by atoms with Gasteiger partial charge in [-0.25, -0.2) is 4.79 Å². The summed E-state index contributed by atoms with van der Waals surface area (Å²) < 4.78 is 15.7. The summed E-state index contributed by atoms with van der Waals surface area (Å²) in [5, 5.41) is 5.08. The van der Waals surface area contributed by atoms with Crippen molar-refractivity contribution in [2.75, 3.05) is 32.2 Å². The van der Waals surface area contributed by atoms with Gasteiger partial charge < -0.3 is 24.8 Å². The third-order valence-electron chi connectivity index (χ3n) is 4.08. The molecule has 0 spiro atoms. The van der Waals surface area contributed by atoms with Crippen LogP contribution in [0.2, 0.25) is 0 Å². The van der Waals surface area contributed by atoms with Gasteiger partial charge >= 0.3 is 5.97 Å². The van der Waals surface area contributed by atoms with E-state index in [-0.39, 0.29) is 6.54 Å². The molecule has 0 saturated carbocycles. The van der Waals surface area contributed by atoms with E-state index in [4.69, 9.17) is 14.2 Å². The van der Waals surface area contributed by atoms with Gasteiger partial charge in [0.05, 0.1) is 31.5 Å². The highest BCUT2D eigenvalue weighted by molar-refractivity contribution is 5.96. The van der Waals surface area contributed by atoms with Crippen molar-refractivity contribution in [2.24, 2.45) is 5.92 Å². The number of ether oxygens (including phenoxy) is 3. The van der Waals surface area contributed by atoms with Crippen LogP contribution in [0.5, 0.6) is 11.5 Å². The van der Waals surface area contributed by atoms with E-state index in [2.05, 4.69) is 10.6 Å². The largest absolute Gasteiger partial charge is 0.495 e. The summed E-state index contributed by atoms with van der Waals surface area (Å²) in [6.45, 7) is 5.78. The molecule has 0 heterocycles. The number of anilines is 1. The summed E-state index contributed by atoms with van der Waals surface area (Å²) in [4.78, 5) is 36.1. The summed E-state index contributed by atoms with van der Waals surface area (Å²) in [6.07, 6.45) is 0. The van der Waals surface area contributed by atoms with Crippen molar-refractivity contribution in [1.29, 1.82) is 0 Å². The van der Waals surface area contributed by atoms with Crippen molar-refractivity contribution in [3.8, 4) is 11.5 Å². The Kier molecular flexibility index (Phi) is 8.87. The molecule has 0 aliphatic rings. The minimum absolute atomic E-state index is 0.268. The molecule has 0 saturated heterocycles. The van der Waals surface area contributed by atoms with Gasteiger partial charge in [0.2, 0.25) is 5.91 Å². The number of rotatable bonds is 10. The third kappa shape index (κ3) is 8.00. The Morgan fingerprint density at radius 1 is 1.00 bits per heavy atom. The van der Waals surface area contributed by atoms with Gasteiger partial charge in [-0.3, -0.25) is 9.59 Å². The zero-order valence-corrected chi connectivity index (χ0v) is 18.2. The average Bonchev–Trinajstić information content (AvgIpc) is 2.75. The number of hydrogen-bond donors (Lipinski definition) is 2. The molecule has 31 heavy (non-hydrogen) atoms. The minimum Gasteiger partial charge on any atom is -0.495 e. The maximum atomic E-state index is 12.1. The second-order valence-corrected chi connectivity index (χ2v) is 7.33. The van der Waals surface area contributed by atoms with Gasteiger partial charge in [-0.2, -0.15) is 0 Å². The molecule has 0 aliphatic carbocycles. The summed E-state index contributed by atoms with van der Waals surface area (Å²) in [5.74, 6) is -0.0974. The topological polar surface area (TPSA) is 103 Å². The number of amides is 2. The first-order chi connectivity index (χ1) is 14.8. The Hall–Kier alpha value is -3.55. The fourth-order valence-corrected chi connectivity index (χ4v) is 2.51. The molecule has 2 aromatic carbocycles. The average molecular weight is 428 g/mol. The molecule has 0 atom stereocenters. The van der Waals surface area contributed by atoms with E-state index in [0.717, 1.165) is 5.56 Å². The predicted octanol–water partition coefficient (Wildman–Crippen LogP) is 2.95. The molecular formula is C23H28N2O6. The van der Waals surface area contributed by atoms with Crippen LogP contribution in [0.3, 0.4) is 0 Å². The maximum absolute atomic E-state index is 12.1. The van der Waals surface area contributed by atoms with E-state index in [1.807, 2.05) is 26.8 Å². The standard InChI is InChI=1S/C23H28N2O6/c1-15(2)13-30-18-8-6-17(7-9-18)23(28)31-14-22(27)24-12-21(26)25-19-11-16(3)5-10-20(19)29-4/h5-11,15H,12-14H2,1-4H3,(H,24,27)(H,25,26). The van der Waals surface area contributed by atoms with E-state index in [9.17, 15) is 14.4 Å². The smallest absolute Gasteiger partial charge is 0.338 e. The van der Waals surface area contributed by atoms with Gasteiger partial charge in [-0.05, 0) is 54.8 Å². The maximum Gasteiger partial charge on any atom is 0.338 e. The lowest BCUT2D eigenvalue weighted by Crippen LogP contribution is -2.35. The number of aryl methyl sites for hydroxylation is 1. The molecule has 0 radical (unpaired) electrons. The number of carbonyl (C=O) groups excluding carboxylic acids is 3. The van der Waals surface area contributed by atoms with Gasteiger partial charge in [-0.1, -0.05) is 19.9 Å². The zero-order chi connectivity index (χ0) is 22.8. The molecule has 8 heteroatoms. The van der Waals surface area contributed by atoms with Crippen LogP contribution in [0.1, 0.15) is 29.8 Å². The Morgan fingerprint density at radius 2 is 1.71 bits per heavy atom. The first-order valence-corrected chi connectivity index (χ1v) is 9.89. The number of esters is 1. The number of nitrogens with one attached hydrogen (secondary N) is 2. The lowest BCUT2D eigenvalue weighted by atomic mass is 10.2. The van der Waals surface area contributed by atoms with E-state index in [0.29, 0.717) is 35.3 Å². The van der Waals surface area contributed by atoms with Crippen LogP contribution in [0.4, 0.5) is 5.69 Å². The van der Waals surface area contributed by atoms with Crippen molar-refractivity contribution < 1.29 is 28.6 Å². The van der Waals surface area contributed by atoms with E-state index in [1.54, 1.807) is 36.4 Å². The molecule has 0 fully saturated rings. The summed E-state index contributed by atoms with van der Waals surface area (Å²) >= 11 is 0. The molecule has 0 unspecified atom stereocenters. The minimum atomic E-state index is -0.639. The van der Waals surface area contributed by atoms with Gasteiger partial charge in [-0.15, -0.1) is 0 Å². The molecular weight excluding hydrogens is 400 g/mol. The molecule has 8 nitrogen and oxygen atoms in total. The first kappa shape index (κ1) is 23.7. The molecule has 2 aromatic rings. The van der Waals surface area contributed by atoms with Crippen molar-refractivity contribution in [2.45, 2.75) is 20.8 Å². The number of benzene rings is 2.